The summed E-state index contributed by atoms with van der Waals surface area (Å²) in [6, 6.07) is 11.6. The normalized spacial score (nSPS) is 10.3. The number of ether oxygens (including phenoxy) is 2. The van der Waals surface area contributed by atoms with Crippen molar-refractivity contribution in [1.82, 2.24) is 4.90 Å². The molecule has 2 aromatic carbocycles. The molecular formula is C19H23NO3. The summed E-state index contributed by atoms with van der Waals surface area (Å²) in [5.41, 5.74) is 3.88. The van der Waals surface area contributed by atoms with Crippen molar-refractivity contribution in [2.24, 2.45) is 0 Å². The number of aryl methyl sites for hydroxylation is 2. The highest BCUT2D eigenvalue weighted by atomic mass is 16.5. The average Bonchev–Trinajstić information content (AvgIpc) is 2.52. The van der Waals surface area contributed by atoms with Crippen molar-refractivity contribution in [2.45, 2.75) is 20.4 Å². The van der Waals surface area contributed by atoms with Crippen LogP contribution in [0.3, 0.4) is 0 Å². The third-order valence-electron chi connectivity index (χ3n) is 3.68. The van der Waals surface area contributed by atoms with Crippen LogP contribution < -0.4 is 9.47 Å². The smallest absolute Gasteiger partial charge is 0.253 e. The zero-order valence-corrected chi connectivity index (χ0v) is 14.3. The molecule has 0 aliphatic heterocycles. The summed E-state index contributed by atoms with van der Waals surface area (Å²) in [7, 11) is 5.01. The van der Waals surface area contributed by atoms with Crippen LogP contribution in [-0.2, 0) is 6.54 Å². The van der Waals surface area contributed by atoms with E-state index in [0.29, 0.717) is 23.6 Å². The van der Waals surface area contributed by atoms with E-state index in [1.165, 1.54) is 0 Å². The number of carbonyl (C=O) groups excluding carboxylic acids is 1. The first-order valence-corrected chi connectivity index (χ1v) is 7.49. The molecule has 0 aromatic heterocycles. The first-order chi connectivity index (χ1) is 10.9. The second-order valence-electron chi connectivity index (χ2n) is 5.73. The van der Waals surface area contributed by atoms with Gasteiger partial charge >= 0.3 is 0 Å². The fraction of sp³-hybridized carbons (Fsp3) is 0.316. The van der Waals surface area contributed by atoms with E-state index in [1.54, 1.807) is 26.2 Å². The molecule has 0 atom stereocenters. The molecule has 2 rings (SSSR count). The van der Waals surface area contributed by atoms with Crippen molar-refractivity contribution in [2.75, 3.05) is 21.3 Å². The van der Waals surface area contributed by atoms with Crippen molar-refractivity contribution in [1.29, 1.82) is 0 Å². The molecule has 0 heterocycles. The van der Waals surface area contributed by atoms with Crippen LogP contribution in [0.2, 0.25) is 0 Å². The maximum atomic E-state index is 12.6. The first kappa shape index (κ1) is 16.9. The summed E-state index contributed by atoms with van der Waals surface area (Å²) < 4.78 is 10.5. The molecule has 0 saturated heterocycles. The fourth-order valence-corrected chi connectivity index (χ4v) is 2.64. The summed E-state index contributed by atoms with van der Waals surface area (Å²) in [5, 5.41) is 0. The Morgan fingerprint density at radius 2 is 1.57 bits per heavy atom. The van der Waals surface area contributed by atoms with Gasteiger partial charge in [-0.2, -0.15) is 0 Å². The molecule has 0 bridgehead atoms. The zero-order chi connectivity index (χ0) is 17.0. The van der Waals surface area contributed by atoms with Crippen LogP contribution in [0.25, 0.3) is 0 Å². The molecule has 0 spiro atoms. The minimum atomic E-state index is 0.00610. The van der Waals surface area contributed by atoms with Gasteiger partial charge in [-0.15, -0.1) is 0 Å². The zero-order valence-electron chi connectivity index (χ0n) is 14.3. The third kappa shape index (κ3) is 4.03. The number of hydrogen-bond donors (Lipinski definition) is 0. The van der Waals surface area contributed by atoms with Gasteiger partial charge in [-0.05, 0) is 43.7 Å². The van der Waals surface area contributed by atoms with E-state index in [2.05, 4.69) is 6.07 Å². The van der Waals surface area contributed by atoms with Gasteiger partial charge in [-0.1, -0.05) is 23.3 Å². The van der Waals surface area contributed by atoms with E-state index in [1.807, 2.05) is 44.2 Å². The molecule has 0 aliphatic carbocycles. The molecule has 0 radical (unpaired) electrons. The number of benzene rings is 2. The van der Waals surface area contributed by atoms with Crippen molar-refractivity contribution in [3.05, 3.63) is 58.7 Å². The van der Waals surface area contributed by atoms with E-state index < -0.39 is 0 Å². The van der Waals surface area contributed by atoms with Crippen molar-refractivity contribution < 1.29 is 14.3 Å². The first-order valence-electron chi connectivity index (χ1n) is 7.49. The highest BCUT2D eigenvalue weighted by molar-refractivity contribution is 5.94. The van der Waals surface area contributed by atoms with Gasteiger partial charge in [0.25, 0.3) is 5.91 Å². The average molecular weight is 313 g/mol. The maximum absolute atomic E-state index is 12.6. The summed E-state index contributed by atoms with van der Waals surface area (Å²) in [4.78, 5) is 14.3. The molecule has 4 heteroatoms. The molecule has 122 valence electrons. The summed E-state index contributed by atoms with van der Waals surface area (Å²) in [5.74, 6) is 1.35. The van der Waals surface area contributed by atoms with Crippen molar-refractivity contribution in [3.8, 4) is 11.5 Å². The van der Waals surface area contributed by atoms with Gasteiger partial charge in [-0.25, -0.2) is 0 Å². The lowest BCUT2D eigenvalue weighted by Gasteiger charge is -2.19. The van der Waals surface area contributed by atoms with Gasteiger partial charge in [0.15, 0.2) is 11.5 Å². The molecule has 1 amide bonds. The van der Waals surface area contributed by atoms with Crippen LogP contribution >= 0.6 is 0 Å². The predicted molar refractivity (Wildman–Crippen MR) is 91.3 cm³/mol. The van der Waals surface area contributed by atoms with Gasteiger partial charge in [0, 0.05) is 19.2 Å². The largest absolute Gasteiger partial charge is 0.493 e. The standard InChI is InChI=1S/C19H23NO3/c1-13-8-14(2)10-16(9-13)19(21)20(3)12-15-6-7-17(22-4)18(11-15)23-5/h6-11H,12H2,1-5H3. The quantitative estimate of drug-likeness (QED) is 0.846. The van der Waals surface area contributed by atoms with Crippen LogP contribution in [-0.4, -0.2) is 32.1 Å². The number of rotatable bonds is 5. The minimum Gasteiger partial charge on any atom is -0.493 e. The fourth-order valence-electron chi connectivity index (χ4n) is 2.64. The summed E-state index contributed by atoms with van der Waals surface area (Å²) in [6.07, 6.45) is 0. The Bertz CT molecular complexity index is 690. The van der Waals surface area contributed by atoms with Gasteiger partial charge in [0.05, 0.1) is 14.2 Å². The van der Waals surface area contributed by atoms with Crippen LogP contribution in [0.4, 0.5) is 0 Å². The van der Waals surface area contributed by atoms with Crippen LogP contribution in [0.15, 0.2) is 36.4 Å². The van der Waals surface area contributed by atoms with E-state index in [4.69, 9.17) is 9.47 Å². The molecule has 0 aliphatic rings. The van der Waals surface area contributed by atoms with Crippen LogP contribution in [0.1, 0.15) is 27.0 Å². The number of methoxy groups -OCH3 is 2. The topological polar surface area (TPSA) is 38.8 Å². The monoisotopic (exact) mass is 313 g/mol. The predicted octanol–water partition coefficient (Wildman–Crippen LogP) is 3.59. The van der Waals surface area contributed by atoms with E-state index in [0.717, 1.165) is 16.7 Å². The Balaban J connectivity index is 2.18. The Hall–Kier alpha value is -2.49. The molecule has 0 saturated carbocycles. The number of hydrogen-bond acceptors (Lipinski definition) is 3. The third-order valence-corrected chi connectivity index (χ3v) is 3.68. The molecule has 4 nitrogen and oxygen atoms in total. The molecule has 2 aromatic rings. The lowest BCUT2D eigenvalue weighted by molar-refractivity contribution is 0.0785. The molecule has 0 fully saturated rings. The number of carbonyl (C=O) groups is 1. The Labute approximate surface area is 137 Å². The van der Waals surface area contributed by atoms with Gasteiger partial charge in [-0.3, -0.25) is 4.79 Å². The second kappa shape index (κ2) is 7.18. The Kier molecular flexibility index (Phi) is 5.27. The van der Waals surface area contributed by atoms with Crippen LogP contribution in [0, 0.1) is 13.8 Å². The van der Waals surface area contributed by atoms with E-state index in [9.17, 15) is 4.79 Å². The lowest BCUT2D eigenvalue weighted by Crippen LogP contribution is -2.26. The number of amides is 1. The maximum Gasteiger partial charge on any atom is 0.253 e. The highest BCUT2D eigenvalue weighted by Gasteiger charge is 2.14. The minimum absolute atomic E-state index is 0.00610. The summed E-state index contributed by atoms with van der Waals surface area (Å²) >= 11 is 0. The van der Waals surface area contributed by atoms with Crippen molar-refractivity contribution in [3.63, 3.8) is 0 Å². The lowest BCUT2D eigenvalue weighted by atomic mass is 10.1. The van der Waals surface area contributed by atoms with Gasteiger partial charge in [0.2, 0.25) is 0 Å². The van der Waals surface area contributed by atoms with Crippen LogP contribution in [0.5, 0.6) is 11.5 Å². The van der Waals surface area contributed by atoms with Gasteiger partial charge in [0.1, 0.15) is 0 Å². The highest BCUT2D eigenvalue weighted by Crippen LogP contribution is 2.28. The summed E-state index contributed by atoms with van der Waals surface area (Å²) in [6.45, 7) is 4.50. The Morgan fingerprint density at radius 1 is 0.957 bits per heavy atom. The van der Waals surface area contributed by atoms with Crippen molar-refractivity contribution >= 4 is 5.91 Å². The molecule has 0 N–H and O–H groups in total. The second-order valence-corrected chi connectivity index (χ2v) is 5.73. The van der Waals surface area contributed by atoms with Gasteiger partial charge < -0.3 is 14.4 Å². The molecular weight excluding hydrogens is 290 g/mol. The van der Waals surface area contributed by atoms with E-state index >= 15 is 0 Å². The van der Waals surface area contributed by atoms with E-state index in [-0.39, 0.29) is 5.91 Å². The molecule has 0 unspecified atom stereocenters. The number of nitrogens with zero attached hydrogens (tertiary/aromatic N) is 1. The SMILES string of the molecule is COc1ccc(CN(C)C(=O)c2cc(C)cc(C)c2)cc1OC. The Morgan fingerprint density at radius 3 is 2.13 bits per heavy atom. The molecule has 23 heavy (non-hydrogen) atoms.